The number of nitrogens with one attached hydrogen (secondary N) is 1. The van der Waals surface area contributed by atoms with Crippen molar-refractivity contribution in [3.8, 4) is 12.3 Å². The average molecular weight is 412 g/mol. The summed E-state index contributed by atoms with van der Waals surface area (Å²) in [5, 5.41) is 0.187. The van der Waals surface area contributed by atoms with Gasteiger partial charge in [0.15, 0.2) is 5.65 Å². The highest BCUT2D eigenvalue weighted by molar-refractivity contribution is 6.05. The number of hydrogen-bond acceptors (Lipinski definition) is 5. The van der Waals surface area contributed by atoms with E-state index in [1.807, 2.05) is 20.8 Å². The van der Waals surface area contributed by atoms with E-state index < -0.39 is 11.2 Å². The highest BCUT2D eigenvalue weighted by Gasteiger charge is 2.26. The van der Waals surface area contributed by atoms with Crippen LogP contribution in [0, 0.1) is 12.3 Å². The van der Waals surface area contributed by atoms with Crippen LogP contribution in [0.2, 0.25) is 0 Å². The predicted octanol–water partition coefficient (Wildman–Crippen LogP) is 1.40. The molecule has 0 radical (unpaired) electrons. The fraction of sp³-hybridized carbons (Fsp3) is 0.545. The minimum Gasteiger partial charge on any atom is -0.336 e. The van der Waals surface area contributed by atoms with Gasteiger partial charge in [0.05, 0.1) is 10.9 Å². The lowest BCUT2D eigenvalue weighted by atomic mass is 10.0. The van der Waals surface area contributed by atoms with Gasteiger partial charge in [-0.15, -0.1) is 12.3 Å². The summed E-state index contributed by atoms with van der Waals surface area (Å²) in [5.74, 6) is 2.49. The first kappa shape index (κ1) is 21.8. The molecule has 0 aromatic carbocycles. The summed E-state index contributed by atoms with van der Waals surface area (Å²) >= 11 is 0. The third-order valence-corrected chi connectivity index (χ3v) is 5.47. The van der Waals surface area contributed by atoms with Crippen molar-refractivity contribution >= 4 is 16.9 Å². The molecule has 1 N–H and O–H groups in total. The third-order valence-electron chi connectivity index (χ3n) is 5.47. The lowest BCUT2D eigenvalue weighted by Gasteiger charge is -2.34. The molecular formula is C22H29N5O3. The molecular weight excluding hydrogens is 382 g/mol. The SMILES string of the molecule is C#CCCN1CCN(C(=O)c2cc(C(C)C)nc3c2c(=O)[nH]c(=O)n3CCC)CC1. The van der Waals surface area contributed by atoms with Gasteiger partial charge >= 0.3 is 5.69 Å². The molecule has 8 heteroatoms. The largest absolute Gasteiger partial charge is 0.336 e. The second kappa shape index (κ2) is 9.26. The van der Waals surface area contributed by atoms with Gasteiger partial charge in [-0.2, -0.15) is 0 Å². The van der Waals surface area contributed by atoms with E-state index in [2.05, 4.69) is 20.8 Å². The van der Waals surface area contributed by atoms with Crippen LogP contribution in [0.15, 0.2) is 15.7 Å². The van der Waals surface area contributed by atoms with Crippen molar-refractivity contribution in [1.82, 2.24) is 24.3 Å². The zero-order valence-electron chi connectivity index (χ0n) is 17.9. The Morgan fingerprint density at radius 1 is 1.23 bits per heavy atom. The molecule has 30 heavy (non-hydrogen) atoms. The standard InChI is InChI=1S/C22H29N5O3/c1-5-7-9-25-10-12-26(13-11-25)21(29)16-14-17(15(3)4)23-19-18(16)20(28)24-22(30)27(19)8-6-2/h1,14-15H,6-13H2,2-4H3,(H,24,28,30). The van der Waals surface area contributed by atoms with Crippen molar-refractivity contribution in [3.05, 3.63) is 38.2 Å². The van der Waals surface area contributed by atoms with Crippen LogP contribution < -0.4 is 11.2 Å². The molecule has 0 saturated carbocycles. The second-order valence-corrected chi connectivity index (χ2v) is 7.95. The number of piperazine rings is 1. The lowest BCUT2D eigenvalue weighted by molar-refractivity contribution is 0.0641. The van der Waals surface area contributed by atoms with Crippen LogP contribution in [0.1, 0.15) is 55.6 Å². The molecule has 1 fully saturated rings. The number of carbonyl (C=O) groups is 1. The van der Waals surface area contributed by atoms with Crippen molar-refractivity contribution < 1.29 is 4.79 Å². The van der Waals surface area contributed by atoms with Gasteiger partial charge in [0.25, 0.3) is 11.5 Å². The van der Waals surface area contributed by atoms with Crippen LogP contribution in [0.5, 0.6) is 0 Å². The molecule has 160 valence electrons. The molecule has 0 atom stereocenters. The summed E-state index contributed by atoms with van der Waals surface area (Å²) < 4.78 is 1.46. The molecule has 2 aromatic rings. The quantitative estimate of drug-likeness (QED) is 0.726. The van der Waals surface area contributed by atoms with Crippen molar-refractivity contribution in [2.45, 2.75) is 46.1 Å². The van der Waals surface area contributed by atoms with Crippen LogP contribution in [-0.4, -0.2) is 63.0 Å². The van der Waals surface area contributed by atoms with Gasteiger partial charge in [0, 0.05) is 51.4 Å². The summed E-state index contributed by atoms with van der Waals surface area (Å²) in [5.41, 5.74) is 0.220. The Morgan fingerprint density at radius 3 is 2.53 bits per heavy atom. The molecule has 3 heterocycles. The first-order chi connectivity index (χ1) is 14.4. The fourth-order valence-electron chi connectivity index (χ4n) is 3.76. The molecule has 8 nitrogen and oxygen atoms in total. The Hall–Kier alpha value is -2.92. The number of rotatable bonds is 6. The van der Waals surface area contributed by atoms with Gasteiger partial charge in [0.1, 0.15) is 0 Å². The molecule has 0 unspecified atom stereocenters. The Bertz CT molecular complexity index is 1080. The molecule has 1 aliphatic heterocycles. The maximum Gasteiger partial charge on any atom is 0.329 e. The highest BCUT2D eigenvalue weighted by atomic mass is 16.2. The number of pyridine rings is 1. The fourth-order valence-corrected chi connectivity index (χ4v) is 3.76. The molecule has 1 saturated heterocycles. The van der Waals surface area contributed by atoms with E-state index >= 15 is 0 Å². The first-order valence-electron chi connectivity index (χ1n) is 10.5. The van der Waals surface area contributed by atoms with Crippen molar-refractivity contribution in [3.63, 3.8) is 0 Å². The zero-order chi connectivity index (χ0) is 21.8. The number of hydrogen-bond donors (Lipinski definition) is 1. The molecule has 2 aromatic heterocycles. The van der Waals surface area contributed by atoms with Gasteiger partial charge in [-0.25, -0.2) is 9.78 Å². The number of fused-ring (bicyclic) bond motifs is 1. The minimum absolute atomic E-state index is 0.0472. The van der Waals surface area contributed by atoms with E-state index in [9.17, 15) is 14.4 Å². The smallest absolute Gasteiger partial charge is 0.329 e. The number of nitrogens with zero attached hydrogens (tertiary/aromatic N) is 4. The Morgan fingerprint density at radius 2 is 1.93 bits per heavy atom. The number of carbonyl (C=O) groups excluding carboxylic acids is 1. The molecule has 1 aliphatic rings. The van der Waals surface area contributed by atoms with Crippen LogP contribution in [0.25, 0.3) is 11.0 Å². The third kappa shape index (κ3) is 4.31. The highest BCUT2D eigenvalue weighted by Crippen LogP contribution is 2.21. The first-order valence-corrected chi connectivity index (χ1v) is 10.5. The van der Waals surface area contributed by atoms with Crippen molar-refractivity contribution in [2.24, 2.45) is 0 Å². The molecule has 1 amide bonds. The van der Waals surface area contributed by atoms with E-state index in [-0.39, 0.29) is 22.9 Å². The molecule has 0 bridgehead atoms. The van der Waals surface area contributed by atoms with Gasteiger partial charge in [-0.3, -0.25) is 24.0 Å². The number of amides is 1. The average Bonchev–Trinajstić information content (AvgIpc) is 2.74. The summed E-state index contributed by atoms with van der Waals surface area (Å²) in [6.07, 6.45) is 6.73. The predicted molar refractivity (Wildman–Crippen MR) is 117 cm³/mol. The monoisotopic (exact) mass is 411 g/mol. The van der Waals surface area contributed by atoms with Crippen LogP contribution in [-0.2, 0) is 6.54 Å². The van der Waals surface area contributed by atoms with Crippen LogP contribution in [0.4, 0.5) is 0 Å². The van der Waals surface area contributed by atoms with Crippen LogP contribution in [0.3, 0.4) is 0 Å². The summed E-state index contributed by atoms with van der Waals surface area (Å²) in [6.45, 7) is 9.74. The van der Waals surface area contributed by atoms with Crippen LogP contribution >= 0.6 is 0 Å². The minimum atomic E-state index is -0.568. The van der Waals surface area contributed by atoms with Gasteiger partial charge in [0.2, 0.25) is 0 Å². The lowest BCUT2D eigenvalue weighted by Crippen LogP contribution is -2.49. The van der Waals surface area contributed by atoms with E-state index in [4.69, 9.17) is 6.42 Å². The molecule has 0 aliphatic carbocycles. The van der Waals surface area contributed by atoms with E-state index in [1.54, 1.807) is 11.0 Å². The second-order valence-electron chi connectivity index (χ2n) is 7.95. The van der Waals surface area contributed by atoms with E-state index in [1.165, 1.54) is 4.57 Å². The van der Waals surface area contributed by atoms with Gasteiger partial charge in [-0.1, -0.05) is 20.8 Å². The van der Waals surface area contributed by atoms with E-state index in [0.29, 0.717) is 43.7 Å². The summed E-state index contributed by atoms with van der Waals surface area (Å²) in [7, 11) is 0. The molecule has 0 spiro atoms. The summed E-state index contributed by atoms with van der Waals surface area (Å²) in [6, 6.07) is 1.70. The maximum atomic E-state index is 13.4. The van der Waals surface area contributed by atoms with Gasteiger partial charge < -0.3 is 4.90 Å². The zero-order valence-corrected chi connectivity index (χ0v) is 17.9. The number of aryl methyl sites for hydroxylation is 1. The maximum absolute atomic E-state index is 13.4. The Kier molecular flexibility index (Phi) is 6.73. The Balaban J connectivity index is 2.06. The number of aromatic nitrogens is 3. The van der Waals surface area contributed by atoms with Crippen molar-refractivity contribution in [1.29, 1.82) is 0 Å². The number of H-pyrrole nitrogens is 1. The number of terminal acetylenes is 1. The molecule has 3 rings (SSSR count). The van der Waals surface area contributed by atoms with Crippen molar-refractivity contribution in [2.75, 3.05) is 32.7 Å². The summed E-state index contributed by atoms with van der Waals surface area (Å²) in [4.78, 5) is 49.5. The normalized spacial score (nSPS) is 15.0. The topological polar surface area (TPSA) is 91.3 Å². The Labute approximate surface area is 175 Å². The van der Waals surface area contributed by atoms with E-state index in [0.717, 1.165) is 19.6 Å². The number of aromatic amines is 1. The van der Waals surface area contributed by atoms with Gasteiger partial charge in [-0.05, 0) is 18.4 Å².